The third kappa shape index (κ3) is 4.30. The standard InChI is InChI=1S/C44H29NS/c1-4-15-30(16-5-1)32-19-14-20-33(29-32)43-36-23-10-11-24-37(36)44(46-43)42-35(31-17-6-2-7-18-31)27-28-40-41(42)38-25-12-13-26-39(38)45(40)34-21-8-3-9-22-34/h1-29H. The van der Waals surface area contributed by atoms with Crippen LogP contribution in [0.1, 0.15) is 0 Å². The topological polar surface area (TPSA) is 4.93 Å². The van der Waals surface area contributed by atoms with Gasteiger partial charge in [-0.1, -0.05) is 146 Å². The van der Waals surface area contributed by atoms with Gasteiger partial charge in [0.25, 0.3) is 0 Å². The van der Waals surface area contributed by atoms with Crippen LogP contribution in [0.25, 0.3) is 81.4 Å². The molecule has 0 amide bonds. The summed E-state index contributed by atoms with van der Waals surface area (Å²) in [5.41, 5.74) is 11.1. The van der Waals surface area contributed by atoms with Gasteiger partial charge < -0.3 is 4.57 Å². The van der Waals surface area contributed by atoms with Crippen LogP contribution in [0.4, 0.5) is 0 Å². The molecule has 0 bridgehead atoms. The molecule has 0 fully saturated rings. The van der Waals surface area contributed by atoms with Gasteiger partial charge in [-0.15, -0.1) is 11.3 Å². The van der Waals surface area contributed by atoms with Crippen LogP contribution in [0.2, 0.25) is 0 Å². The van der Waals surface area contributed by atoms with Gasteiger partial charge in [0, 0.05) is 42.6 Å². The first-order valence-electron chi connectivity index (χ1n) is 15.7. The van der Waals surface area contributed by atoms with Crippen molar-refractivity contribution < 1.29 is 0 Å². The summed E-state index contributed by atoms with van der Waals surface area (Å²) in [6.45, 7) is 0. The molecule has 216 valence electrons. The van der Waals surface area contributed by atoms with Crippen molar-refractivity contribution in [3.8, 4) is 48.8 Å². The zero-order valence-corrected chi connectivity index (χ0v) is 25.9. The van der Waals surface area contributed by atoms with E-state index in [-0.39, 0.29) is 0 Å². The molecule has 7 aromatic carbocycles. The van der Waals surface area contributed by atoms with Gasteiger partial charge in [-0.3, -0.25) is 0 Å². The average Bonchev–Trinajstić information content (AvgIpc) is 3.69. The maximum Gasteiger partial charge on any atom is 0.0548 e. The van der Waals surface area contributed by atoms with Gasteiger partial charge in [-0.25, -0.2) is 0 Å². The van der Waals surface area contributed by atoms with E-state index in [1.54, 1.807) is 0 Å². The van der Waals surface area contributed by atoms with Gasteiger partial charge in [0.1, 0.15) is 0 Å². The van der Waals surface area contributed by atoms with Crippen LogP contribution in [-0.2, 0) is 0 Å². The summed E-state index contributed by atoms with van der Waals surface area (Å²) in [5.74, 6) is 0. The molecule has 2 heteroatoms. The first kappa shape index (κ1) is 26.7. The quantitative estimate of drug-likeness (QED) is 0.184. The number of rotatable bonds is 5. The fourth-order valence-electron chi connectivity index (χ4n) is 6.97. The molecule has 2 aromatic heterocycles. The molecule has 0 unspecified atom stereocenters. The molecule has 9 rings (SSSR count). The van der Waals surface area contributed by atoms with Crippen molar-refractivity contribution in [3.05, 3.63) is 176 Å². The Kier molecular flexibility index (Phi) is 6.40. The van der Waals surface area contributed by atoms with Crippen molar-refractivity contribution in [3.63, 3.8) is 0 Å². The molecule has 46 heavy (non-hydrogen) atoms. The number of nitrogens with zero attached hydrogens (tertiary/aromatic N) is 1. The molecule has 0 aliphatic heterocycles. The molecular formula is C44H29NS. The Morgan fingerprint density at radius 2 is 0.935 bits per heavy atom. The summed E-state index contributed by atoms with van der Waals surface area (Å²) >= 11 is 1.91. The first-order valence-corrected chi connectivity index (χ1v) is 16.5. The van der Waals surface area contributed by atoms with Gasteiger partial charge in [0.05, 0.1) is 11.0 Å². The number of hydrogen-bond acceptors (Lipinski definition) is 1. The predicted molar refractivity (Wildman–Crippen MR) is 198 cm³/mol. The highest BCUT2D eigenvalue weighted by atomic mass is 32.1. The minimum absolute atomic E-state index is 1.17. The number of hydrogen-bond donors (Lipinski definition) is 0. The van der Waals surface area contributed by atoms with Crippen LogP contribution in [-0.4, -0.2) is 4.57 Å². The molecule has 0 spiro atoms. The molecule has 0 saturated carbocycles. The molecule has 0 aliphatic rings. The van der Waals surface area contributed by atoms with E-state index in [1.165, 1.54) is 81.4 Å². The minimum Gasteiger partial charge on any atom is -0.309 e. The van der Waals surface area contributed by atoms with Crippen LogP contribution < -0.4 is 0 Å². The van der Waals surface area contributed by atoms with E-state index in [1.807, 2.05) is 11.3 Å². The number of aromatic nitrogens is 1. The second-order valence-corrected chi connectivity index (χ2v) is 12.7. The Bertz CT molecular complexity index is 2500. The predicted octanol–water partition coefficient (Wildman–Crippen LogP) is 12.7. The second-order valence-electron chi connectivity index (χ2n) is 11.7. The highest BCUT2D eigenvalue weighted by Crippen LogP contribution is 2.51. The van der Waals surface area contributed by atoms with Crippen molar-refractivity contribution in [2.45, 2.75) is 0 Å². The lowest BCUT2D eigenvalue weighted by Gasteiger charge is -2.13. The summed E-state index contributed by atoms with van der Waals surface area (Å²) in [4.78, 5) is 2.60. The van der Waals surface area contributed by atoms with Crippen LogP contribution in [0.5, 0.6) is 0 Å². The summed E-state index contributed by atoms with van der Waals surface area (Å²) in [6, 6.07) is 63.7. The van der Waals surface area contributed by atoms with E-state index < -0.39 is 0 Å². The van der Waals surface area contributed by atoms with E-state index in [9.17, 15) is 0 Å². The van der Waals surface area contributed by atoms with Crippen molar-refractivity contribution in [1.82, 2.24) is 4.57 Å². The average molecular weight is 604 g/mol. The third-order valence-corrected chi connectivity index (χ3v) is 10.3. The highest BCUT2D eigenvalue weighted by Gasteiger charge is 2.23. The van der Waals surface area contributed by atoms with Crippen molar-refractivity contribution in [2.75, 3.05) is 0 Å². The Labute approximate surface area is 272 Å². The number of thiophene rings is 1. The molecule has 0 aliphatic carbocycles. The molecule has 0 radical (unpaired) electrons. The number of para-hydroxylation sites is 2. The highest BCUT2D eigenvalue weighted by molar-refractivity contribution is 7.21. The SMILES string of the molecule is c1ccc(-c2cccc(-c3sc(-c4c(-c5ccccc5)ccc5c4c4ccccc4n5-c4ccccc4)c4ccccc34)c2)cc1. The largest absolute Gasteiger partial charge is 0.309 e. The van der Waals surface area contributed by atoms with Crippen LogP contribution >= 0.6 is 11.3 Å². The normalized spacial score (nSPS) is 11.5. The maximum absolute atomic E-state index is 2.42. The first-order chi connectivity index (χ1) is 22.8. The zero-order valence-electron chi connectivity index (χ0n) is 25.1. The lowest BCUT2D eigenvalue weighted by atomic mass is 9.92. The molecule has 1 nitrogen and oxygen atoms in total. The Morgan fingerprint density at radius 1 is 0.370 bits per heavy atom. The van der Waals surface area contributed by atoms with Crippen LogP contribution in [0, 0.1) is 0 Å². The van der Waals surface area contributed by atoms with E-state index in [4.69, 9.17) is 0 Å². The lowest BCUT2D eigenvalue weighted by Crippen LogP contribution is -1.93. The van der Waals surface area contributed by atoms with E-state index in [2.05, 4.69) is 180 Å². The molecule has 0 saturated heterocycles. The van der Waals surface area contributed by atoms with E-state index in [0.29, 0.717) is 0 Å². The maximum atomic E-state index is 2.42. The van der Waals surface area contributed by atoms with Crippen molar-refractivity contribution in [1.29, 1.82) is 0 Å². The van der Waals surface area contributed by atoms with Gasteiger partial charge in [-0.05, 0) is 58.1 Å². The molecular weight excluding hydrogens is 575 g/mol. The zero-order chi connectivity index (χ0) is 30.5. The summed E-state index contributed by atoms with van der Waals surface area (Å²) in [7, 11) is 0. The minimum atomic E-state index is 1.17. The van der Waals surface area contributed by atoms with Gasteiger partial charge in [0.2, 0.25) is 0 Å². The fourth-order valence-corrected chi connectivity index (χ4v) is 8.31. The van der Waals surface area contributed by atoms with E-state index in [0.717, 1.165) is 0 Å². The van der Waals surface area contributed by atoms with Crippen LogP contribution in [0.15, 0.2) is 176 Å². The smallest absolute Gasteiger partial charge is 0.0548 e. The number of benzene rings is 7. The molecule has 0 N–H and O–H groups in total. The summed E-state index contributed by atoms with van der Waals surface area (Å²) in [6.07, 6.45) is 0. The molecule has 9 aromatic rings. The monoisotopic (exact) mass is 603 g/mol. The molecule has 2 heterocycles. The van der Waals surface area contributed by atoms with Crippen molar-refractivity contribution >= 4 is 43.9 Å². The number of fused-ring (bicyclic) bond motifs is 4. The summed E-state index contributed by atoms with van der Waals surface area (Å²) in [5, 5.41) is 5.13. The summed E-state index contributed by atoms with van der Waals surface area (Å²) < 4.78 is 2.42. The van der Waals surface area contributed by atoms with Gasteiger partial charge >= 0.3 is 0 Å². The van der Waals surface area contributed by atoms with Crippen molar-refractivity contribution in [2.24, 2.45) is 0 Å². The second kappa shape index (κ2) is 11.0. The van der Waals surface area contributed by atoms with Gasteiger partial charge in [-0.2, -0.15) is 0 Å². The lowest BCUT2D eigenvalue weighted by molar-refractivity contribution is 1.18. The molecule has 0 atom stereocenters. The van der Waals surface area contributed by atoms with Crippen LogP contribution in [0.3, 0.4) is 0 Å². The van der Waals surface area contributed by atoms with E-state index >= 15 is 0 Å². The Hall–Kier alpha value is -5.70. The Balaban J connectivity index is 1.39. The third-order valence-electron chi connectivity index (χ3n) is 9.02. The Morgan fingerprint density at radius 3 is 1.67 bits per heavy atom. The fraction of sp³-hybridized carbons (Fsp3) is 0. The van der Waals surface area contributed by atoms with Gasteiger partial charge in [0.15, 0.2) is 0 Å².